The lowest BCUT2D eigenvalue weighted by Gasteiger charge is -2.35. The Morgan fingerprint density at radius 3 is 2.94 bits per heavy atom. The monoisotopic (exact) mass is 461 g/mol. The van der Waals surface area contributed by atoms with Gasteiger partial charge in [0.05, 0.1) is 47.5 Å². The number of aromatic nitrogens is 3. The van der Waals surface area contributed by atoms with Crippen LogP contribution in [0.4, 0.5) is 21.6 Å². The summed E-state index contributed by atoms with van der Waals surface area (Å²) in [5.74, 6) is 0.0530. The van der Waals surface area contributed by atoms with Crippen LogP contribution in [0.15, 0.2) is 36.7 Å². The van der Waals surface area contributed by atoms with E-state index in [0.29, 0.717) is 41.4 Å². The van der Waals surface area contributed by atoms with E-state index in [-0.39, 0.29) is 12.0 Å². The van der Waals surface area contributed by atoms with Gasteiger partial charge in [0.2, 0.25) is 6.23 Å². The van der Waals surface area contributed by atoms with Crippen LogP contribution in [-0.2, 0) is 22.6 Å². The number of nitrogens with zero attached hydrogens (tertiary/aromatic N) is 5. The molecule has 0 radical (unpaired) electrons. The number of ether oxygens (including phenoxy) is 1. The minimum atomic E-state index is -0.655. The summed E-state index contributed by atoms with van der Waals surface area (Å²) in [5, 5.41) is 19.8. The zero-order valence-electron chi connectivity index (χ0n) is 18.9. The number of hydrogen-bond donors (Lipinski definition) is 2. The van der Waals surface area contributed by atoms with E-state index >= 15 is 0 Å². The van der Waals surface area contributed by atoms with E-state index in [4.69, 9.17) is 4.74 Å². The number of rotatable bonds is 7. The van der Waals surface area contributed by atoms with E-state index in [2.05, 4.69) is 20.7 Å². The molecule has 1 aliphatic carbocycles. The Kier molecular flexibility index (Phi) is 5.63. The molecule has 10 heteroatoms. The van der Waals surface area contributed by atoms with E-state index < -0.39 is 12.0 Å². The van der Waals surface area contributed by atoms with Crippen LogP contribution in [-0.4, -0.2) is 40.1 Å². The molecule has 1 unspecified atom stereocenters. The molecule has 3 aromatic rings. The van der Waals surface area contributed by atoms with Crippen molar-refractivity contribution in [3.63, 3.8) is 0 Å². The molecule has 1 fully saturated rings. The lowest BCUT2D eigenvalue weighted by atomic mass is 10.1. The standard InChI is InChI=1S/C24H24FN7O2/c1-14-22-20(31(2)24(23(33)30-22)34-19-5-6-19)8-21(29-14)27-10-15-11-28-32(12-15)13-16-3-4-18(25)7-17(16)9-26/h3-4,7-8,11-12,19,24H,5-6,10,13H2,1-2H3,(H,27,29)(H,30,33). The lowest BCUT2D eigenvalue weighted by molar-refractivity contribution is -0.128. The first-order valence-corrected chi connectivity index (χ1v) is 11.1. The van der Waals surface area contributed by atoms with Crippen molar-refractivity contribution in [2.75, 3.05) is 22.6 Å². The normalized spacial score (nSPS) is 17.2. The van der Waals surface area contributed by atoms with Crippen molar-refractivity contribution >= 4 is 23.1 Å². The summed E-state index contributed by atoms with van der Waals surface area (Å²) in [7, 11) is 1.85. The van der Waals surface area contributed by atoms with Crippen molar-refractivity contribution in [1.82, 2.24) is 14.8 Å². The van der Waals surface area contributed by atoms with Gasteiger partial charge in [-0.2, -0.15) is 10.4 Å². The van der Waals surface area contributed by atoms with E-state index in [1.807, 2.05) is 37.2 Å². The molecule has 3 heterocycles. The first-order chi connectivity index (χ1) is 16.4. The van der Waals surface area contributed by atoms with Gasteiger partial charge in [0.25, 0.3) is 5.91 Å². The smallest absolute Gasteiger partial charge is 0.274 e. The summed E-state index contributed by atoms with van der Waals surface area (Å²) >= 11 is 0. The fraction of sp³-hybridized carbons (Fsp3) is 0.333. The molecular weight excluding hydrogens is 437 g/mol. The number of benzene rings is 1. The fourth-order valence-corrected chi connectivity index (χ4v) is 3.95. The minimum absolute atomic E-state index is 0.149. The van der Waals surface area contributed by atoms with E-state index in [1.54, 1.807) is 16.9 Å². The third kappa shape index (κ3) is 4.43. The average Bonchev–Trinajstić information content (AvgIpc) is 3.53. The van der Waals surface area contributed by atoms with Crippen LogP contribution in [0.3, 0.4) is 0 Å². The maximum Gasteiger partial charge on any atom is 0.274 e. The molecule has 1 aliphatic heterocycles. The van der Waals surface area contributed by atoms with Gasteiger partial charge in [-0.25, -0.2) is 9.37 Å². The average molecular weight is 462 g/mol. The molecule has 174 valence electrons. The lowest BCUT2D eigenvalue weighted by Crippen LogP contribution is -2.48. The SMILES string of the molecule is Cc1nc(NCc2cnn(Cc3ccc(F)cc3C#N)c2)cc2c1NC(=O)C(OC1CC1)N2C. The highest BCUT2D eigenvalue weighted by Gasteiger charge is 2.37. The number of carbonyl (C=O) groups excluding carboxylic acids is 1. The molecule has 2 N–H and O–H groups in total. The van der Waals surface area contributed by atoms with Gasteiger partial charge in [-0.15, -0.1) is 0 Å². The van der Waals surface area contributed by atoms with Crippen molar-refractivity contribution in [3.05, 3.63) is 64.9 Å². The number of amides is 1. The molecule has 0 spiro atoms. The Morgan fingerprint density at radius 2 is 2.18 bits per heavy atom. The van der Waals surface area contributed by atoms with Gasteiger partial charge in [-0.3, -0.25) is 9.48 Å². The maximum absolute atomic E-state index is 13.4. The molecule has 1 aromatic carbocycles. The van der Waals surface area contributed by atoms with Gasteiger partial charge in [0.1, 0.15) is 11.6 Å². The number of halogens is 1. The highest BCUT2D eigenvalue weighted by atomic mass is 19.1. The second kappa shape index (κ2) is 8.76. The topological polar surface area (TPSA) is 108 Å². The van der Waals surface area contributed by atoms with Gasteiger partial charge in [-0.1, -0.05) is 6.07 Å². The van der Waals surface area contributed by atoms with Gasteiger partial charge in [-0.05, 0) is 37.5 Å². The summed E-state index contributed by atoms with van der Waals surface area (Å²) < 4.78 is 21.0. The first kappa shape index (κ1) is 21.9. The number of nitriles is 1. The molecule has 2 aromatic heterocycles. The first-order valence-electron chi connectivity index (χ1n) is 11.1. The van der Waals surface area contributed by atoms with E-state index in [0.717, 1.165) is 24.1 Å². The molecule has 9 nitrogen and oxygen atoms in total. The third-order valence-electron chi connectivity index (χ3n) is 5.91. The van der Waals surface area contributed by atoms with Crippen molar-refractivity contribution in [1.29, 1.82) is 5.26 Å². The van der Waals surface area contributed by atoms with Crippen LogP contribution >= 0.6 is 0 Å². The van der Waals surface area contributed by atoms with Crippen LogP contribution in [0, 0.1) is 24.1 Å². The largest absolute Gasteiger partial charge is 0.366 e. The highest BCUT2D eigenvalue weighted by Crippen LogP contribution is 2.37. The molecule has 1 atom stereocenters. The number of nitrogens with one attached hydrogen (secondary N) is 2. The molecule has 0 saturated heterocycles. The number of pyridine rings is 1. The molecule has 0 bridgehead atoms. The minimum Gasteiger partial charge on any atom is -0.366 e. The zero-order valence-corrected chi connectivity index (χ0v) is 18.9. The number of hydrogen-bond acceptors (Lipinski definition) is 7. The van der Waals surface area contributed by atoms with Crippen molar-refractivity contribution < 1.29 is 13.9 Å². The highest BCUT2D eigenvalue weighted by molar-refractivity contribution is 6.03. The van der Waals surface area contributed by atoms with Crippen LogP contribution in [0.5, 0.6) is 0 Å². The second-order valence-corrected chi connectivity index (χ2v) is 8.59. The van der Waals surface area contributed by atoms with E-state index in [9.17, 15) is 14.4 Å². The molecule has 1 amide bonds. The maximum atomic E-state index is 13.4. The van der Waals surface area contributed by atoms with Crippen LogP contribution in [0.2, 0.25) is 0 Å². The zero-order chi connectivity index (χ0) is 23.8. The molecule has 5 rings (SSSR count). The molecular formula is C24H24FN7O2. The summed E-state index contributed by atoms with van der Waals surface area (Å²) in [5.41, 5.74) is 4.16. The van der Waals surface area contributed by atoms with Crippen molar-refractivity contribution in [2.45, 2.75) is 45.2 Å². The molecule has 1 saturated carbocycles. The van der Waals surface area contributed by atoms with Crippen LogP contribution in [0.1, 0.15) is 35.2 Å². The second-order valence-electron chi connectivity index (χ2n) is 8.59. The Hall–Kier alpha value is -3.97. The number of anilines is 3. The predicted octanol–water partition coefficient (Wildman–Crippen LogP) is 3.15. The molecule has 34 heavy (non-hydrogen) atoms. The summed E-state index contributed by atoms with van der Waals surface area (Å²) in [6, 6.07) is 8.09. The number of likely N-dealkylation sites (N-methyl/N-ethyl adjacent to an activating group) is 1. The fourth-order valence-electron chi connectivity index (χ4n) is 3.95. The van der Waals surface area contributed by atoms with E-state index in [1.165, 1.54) is 12.1 Å². The van der Waals surface area contributed by atoms with Crippen LogP contribution in [0.25, 0.3) is 0 Å². The van der Waals surface area contributed by atoms with Crippen molar-refractivity contribution in [3.8, 4) is 6.07 Å². The van der Waals surface area contributed by atoms with Crippen molar-refractivity contribution in [2.24, 2.45) is 0 Å². The predicted molar refractivity (Wildman–Crippen MR) is 124 cm³/mol. The van der Waals surface area contributed by atoms with Gasteiger partial charge < -0.3 is 20.3 Å². The summed E-state index contributed by atoms with van der Waals surface area (Å²) in [4.78, 5) is 18.9. The number of fused-ring (bicyclic) bond motifs is 1. The quantitative estimate of drug-likeness (QED) is 0.556. The number of carbonyl (C=O) groups is 1. The van der Waals surface area contributed by atoms with Gasteiger partial charge >= 0.3 is 0 Å². The summed E-state index contributed by atoms with van der Waals surface area (Å²) in [6.45, 7) is 2.71. The summed E-state index contributed by atoms with van der Waals surface area (Å²) in [6.07, 6.45) is 5.07. The number of aryl methyl sites for hydroxylation is 1. The Morgan fingerprint density at radius 1 is 1.35 bits per heavy atom. The molecule has 2 aliphatic rings. The van der Waals surface area contributed by atoms with Gasteiger partial charge in [0, 0.05) is 31.4 Å². The van der Waals surface area contributed by atoms with Crippen LogP contribution < -0.4 is 15.5 Å². The third-order valence-corrected chi connectivity index (χ3v) is 5.91. The Labute approximate surface area is 196 Å². The Bertz CT molecular complexity index is 1290. The van der Waals surface area contributed by atoms with Gasteiger partial charge in [0.15, 0.2) is 0 Å². The Balaban J connectivity index is 1.28.